The number of H-pyrrole nitrogens is 1. The largest absolute Gasteiger partial charge is 0.362 e. The summed E-state index contributed by atoms with van der Waals surface area (Å²) in [6.07, 6.45) is 6.11. The molecule has 3 aromatic heterocycles. The van der Waals surface area contributed by atoms with Crippen molar-refractivity contribution in [3.8, 4) is 11.1 Å². The van der Waals surface area contributed by atoms with Gasteiger partial charge >= 0.3 is 0 Å². The molecule has 31 heavy (non-hydrogen) atoms. The molecule has 0 spiro atoms. The number of pyridine rings is 2. The molecule has 5 rings (SSSR count). The number of benzene rings is 1. The van der Waals surface area contributed by atoms with Crippen molar-refractivity contribution in [1.82, 2.24) is 25.1 Å². The molecule has 1 aliphatic heterocycles. The molecule has 0 unspecified atom stereocenters. The quantitative estimate of drug-likeness (QED) is 0.513. The maximum absolute atomic E-state index is 4.95. The monoisotopic (exact) mass is 412 g/mol. The fraction of sp³-hybridized carbons (Fsp3) is 0.320. The van der Waals surface area contributed by atoms with E-state index in [4.69, 9.17) is 9.97 Å². The molecule has 0 bridgehead atoms. The maximum Gasteiger partial charge on any atom is 0.133 e. The summed E-state index contributed by atoms with van der Waals surface area (Å²) in [6, 6.07) is 15.3. The zero-order valence-electron chi connectivity index (χ0n) is 18.3. The van der Waals surface area contributed by atoms with Crippen molar-refractivity contribution in [3.05, 3.63) is 71.8 Å². The fourth-order valence-electron chi connectivity index (χ4n) is 4.66. The van der Waals surface area contributed by atoms with Crippen LogP contribution in [0.3, 0.4) is 0 Å². The van der Waals surface area contributed by atoms with Crippen LogP contribution in [0.1, 0.15) is 35.8 Å². The van der Waals surface area contributed by atoms with E-state index in [0.717, 1.165) is 47.8 Å². The minimum absolute atomic E-state index is 0.312. The normalized spacial score (nSPS) is 16.8. The molecule has 1 aromatic carbocycles. The standard InChI is InChI=1S/C25H28N6/c1-17-11-19(21-14-26-27-15-21)13-23(28-17)24-9-6-10-31(24)16-20-12-18-7-4-5-8-22(18)29-25(20)30(2)3/h4-5,7-8,11-15,24H,6,9-10,16H2,1-3H3,(H,26,27)/t24-/m0/s1. The molecule has 0 amide bonds. The number of likely N-dealkylation sites (tertiary alicyclic amines) is 1. The van der Waals surface area contributed by atoms with Crippen molar-refractivity contribution in [3.63, 3.8) is 0 Å². The Labute approximate surface area is 182 Å². The van der Waals surface area contributed by atoms with E-state index in [9.17, 15) is 0 Å². The van der Waals surface area contributed by atoms with Crippen LogP contribution in [-0.4, -0.2) is 45.7 Å². The molecule has 1 N–H and O–H groups in total. The lowest BCUT2D eigenvalue weighted by molar-refractivity contribution is 0.244. The van der Waals surface area contributed by atoms with Gasteiger partial charge in [-0.1, -0.05) is 18.2 Å². The first kappa shape index (κ1) is 19.7. The van der Waals surface area contributed by atoms with Gasteiger partial charge in [0, 0.05) is 49.0 Å². The molecular weight excluding hydrogens is 384 g/mol. The van der Waals surface area contributed by atoms with Gasteiger partial charge in [0.05, 0.1) is 23.4 Å². The highest BCUT2D eigenvalue weighted by atomic mass is 15.2. The third-order valence-corrected chi connectivity index (χ3v) is 6.09. The Hall–Kier alpha value is -3.25. The van der Waals surface area contributed by atoms with Gasteiger partial charge in [0.15, 0.2) is 0 Å². The molecule has 1 saturated heterocycles. The van der Waals surface area contributed by atoms with E-state index < -0.39 is 0 Å². The van der Waals surface area contributed by atoms with Gasteiger partial charge in [-0.15, -0.1) is 0 Å². The summed E-state index contributed by atoms with van der Waals surface area (Å²) in [4.78, 5) is 14.6. The van der Waals surface area contributed by atoms with Gasteiger partial charge in [0.2, 0.25) is 0 Å². The number of aromatic amines is 1. The third kappa shape index (κ3) is 3.91. The molecule has 158 valence electrons. The molecule has 4 heterocycles. The second-order valence-corrected chi connectivity index (χ2v) is 8.60. The number of nitrogens with one attached hydrogen (secondary N) is 1. The number of hydrogen-bond donors (Lipinski definition) is 1. The van der Waals surface area contributed by atoms with Gasteiger partial charge in [-0.25, -0.2) is 4.98 Å². The van der Waals surface area contributed by atoms with Crippen LogP contribution in [0.25, 0.3) is 22.0 Å². The molecule has 0 aliphatic carbocycles. The van der Waals surface area contributed by atoms with E-state index in [1.807, 2.05) is 18.5 Å². The molecule has 0 radical (unpaired) electrons. The lowest BCUT2D eigenvalue weighted by Gasteiger charge is -2.27. The van der Waals surface area contributed by atoms with Gasteiger partial charge in [0.25, 0.3) is 0 Å². The number of fused-ring (bicyclic) bond motifs is 1. The van der Waals surface area contributed by atoms with Crippen molar-refractivity contribution in [1.29, 1.82) is 0 Å². The minimum Gasteiger partial charge on any atom is -0.362 e. The van der Waals surface area contributed by atoms with Gasteiger partial charge in [-0.2, -0.15) is 5.10 Å². The summed E-state index contributed by atoms with van der Waals surface area (Å²) in [5.74, 6) is 1.04. The minimum atomic E-state index is 0.312. The second-order valence-electron chi connectivity index (χ2n) is 8.60. The topological polar surface area (TPSA) is 60.9 Å². The van der Waals surface area contributed by atoms with Gasteiger partial charge in [-0.05, 0) is 56.1 Å². The highest BCUT2D eigenvalue weighted by molar-refractivity contribution is 5.81. The van der Waals surface area contributed by atoms with E-state index in [-0.39, 0.29) is 0 Å². The van der Waals surface area contributed by atoms with Crippen molar-refractivity contribution < 1.29 is 0 Å². The Bertz CT molecular complexity index is 1200. The Morgan fingerprint density at radius 3 is 2.77 bits per heavy atom. The molecule has 1 fully saturated rings. The first-order valence-electron chi connectivity index (χ1n) is 10.9. The highest BCUT2D eigenvalue weighted by Crippen LogP contribution is 2.35. The summed E-state index contributed by atoms with van der Waals surface area (Å²) in [5, 5.41) is 8.22. The van der Waals surface area contributed by atoms with Crippen molar-refractivity contribution in [2.75, 3.05) is 25.5 Å². The van der Waals surface area contributed by atoms with Crippen LogP contribution < -0.4 is 4.90 Å². The van der Waals surface area contributed by atoms with E-state index in [2.05, 4.69) is 77.4 Å². The zero-order chi connectivity index (χ0) is 21.4. The number of para-hydroxylation sites is 1. The summed E-state index contributed by atoms with van der Waals surface area (Å²) in [6.45, 7) is 4.01. The number of rotatable bonds is 5. The number of aryl methyl sites for hydroxylation is 1. The number of anilines is 1. The lowest BCUT2D eigenvalue weighted by Crippen LogP contribution is -2.25. The van der Waals surface area contributed by atoms with E-state index in [0.29, 0.717) is 6.04 Å². The summed E-state index contributed by atoms with van der Waals surface area (Å²) in [7, 11) is 4.14. The Balaban J connectivity index is 1.49. The molecule has 6 heteroatoms. The predicted octanol–water partition coefficient (Wildman–Crippen LogP) is 4.73. The van der Waals surface area contributed by atoms with Crippen LogP contribution in [0.5, 0.6) is 0 Å². The molecule has 6 nitrogen and oxygen atoms in total. The van der Waals surface area contributed by atoms with Gasteiger partial charge < -0.3 is 4.90 Å². The maximum atomic E-state index is 4.95. The fourth-order valence-corrected chi connectivity index (χ4v) is 4.66. The first-order valence-corrected chi connectivity index (χ1v) is 10.9. The predicted molar refractivity (Wildman–Crippen MR) is 125 cm³/mol. The average Bonchev–Trinajstić information content (AvgIpc) is 3.45. The number of nitrogens with zero attached hydrogens (tertiary/aromatic N) is 5. The summed E-state index contributed by atoms with van der Waals surface area (Å²) < 4.78 is 0. The summed E-state index contributed by atoms with van der Waals surface area (Å²) in [5.41, 5.74) is 6.77. The van der Waals surface area contributed by atoms with E-state index in [1.165, 1.54) is 22.9 Å². The molecule has 1 atom stereocenters. The smallest absolute Gasteiger partial charge is 0.133 e. The molecule has 0 saturated carbocycles. The van der Waals surface area contributed by atoms with Crippen LogP contribution in [0.15, 0.2) is 54.9 Å². The molecule has 4 aromatic rings. The second kappa shape index (κ2) is 8.12. The highest BCUT2D eigenvalue weighted by Gasteiger charge is 2.28. The lowest BCUT2D eigenvalue weighted by atomic mass is 10.0. The van der Waals surface area contributed by atoms with E-state index >= 15 is 0 Å². The van der Waals surface area contributed by atoms with E-state index in [1.54, 1.807) is 0 Å². The molecular formula is C25H28N6. The van der Waals surface area contributed by atoms with Crippen molar-refractivity contribution in [2.45, 2.75) is 32.4 Å². The van der Waals surface area contributed by atoms with Crippen molar-refractivity contribution >= 4 is 16.7 Å². The van der Waals surface area contributed by atoms with Gasteiger partial charge in [0.1, 0.15) is 5.82 Å². The first-order chi connectivity index (χ1) is 15.1. The third-order valence-electron chi connectivity index (χ3n) is 6.09. The number of hydrogen-bond acceptors (Lipinski definition) is 5. The summed E-state index contributed by atoms with van der Waals surface area (Å²) >= 11 is 0. The average molecular weight is 413 g/mol. The van der Waals surface area contributed by atoms with Crippen LogP contribution in [0, 0.1) is 6.92 Å². The Kier molecular flexibility index (Phi) is 5.16. The van der Waals surface area contributed by atoms with Crippen LogP contribution in [0.2, 0.25) is 0 Å². The van der Waals surface area contributed by atoms with Crippen LogP contribution >= 0.6 is 0 Å². The van der Waals surface area contributed by atoms with Crippen LogP contribution in [-0.2, 0) is 6.54 Å². The zero-order valence-corrected chi connectivity index (χ0v) is 18.3. The van der Waals surface area contributed by atoms with Gasteiger partial charge in [-0.3, -0.25) is 15.0 Å². The van der Waals surface area contributed by atoms with Crippen molar-refractivity contribution in [2.24, 2.45) is 0 Å². The SMILES string of the molecule is Cc1cc(-c2cn[nH]c2)cc([C@@H]2CCCN2Cc2cc3ccccc3nc2N(C)C)n1. The Morgan fingerprint density at radius 1 is 1.10 bits per heavy atom. The number of aromatic nitrogens is 4. The van der Waals surface area contributed by atoms with Crippen LogP contribution in [0.4, 0.5) is 5.82 Å². The Morgan fingerprint density at radius 2 is 1.97 bits per heavy atom. The molecule has 1 aliphatic rings.